The minimum absolute atomic E-state index is 0.0517. The van der Waals surface area contributed by atoms with E-state index in [2.05, 4.69) is 27.3 Å². The van der Waals surface area contributed by atoms with Gasteiger partial charge in [-0.1, -0.05) is 13.0 Å². The van der Waals surface area contributed by atoms with E-state index in [1.807, 2.05) is 63.2 Å². The molecule has 1 aromatic heterocycles. The summed E-state index contributed by atoms with van der Waals surface area (Å²) in [5.41, 5.74) is 6.21. The highest BCUT2D eigenvalue weighted by Gasteiger charge is 2.26. The fourth-order valence-electron chi connectivity index (χ4n) is 4.89. The molecule has 10 nitrogen and oxygen atoms in total. The normalized spacial score (nSPS) is 18.4. The smallest absolute Gasteiger partial charge is 0.410 e. The van der Waals surface area contributed by atoms with E-state index >= 15 is 0 Å². The van der Waals surface area contributed by atoms with Crippen LogP contribution >= 0.6 is 0 Å². The Hall–Kier alpha value is -3.92. The summed E-state index contributed by atoms with van der Waals surface area (Å²) in [6.07, 6.45) is 1.03. The van der Waals surface area contributed by atoms with E-state index in [-0.39, 0.29) is 17.9 Å². The summed E-state index contributed by atoms with van der Waals surface area (Å²) in [5.74, 6) is 1.34. The Balaban J connectivity index is 1.14. The van der Waals surface area contributed by atoms with Crippen LogP contribution in [0.2, 0.25) is 0 Å². The molecular weight excluding hydrogens is 510 g/mol. The van der Waals surface area contributed by atoms with Gasteiger partial charge in [-0.25, -0.2) is 15.2 Å². The van der Waals surface area contributed by atoms with Crippen molar-refractivity contribution in [2.45, 2.75) is 46.1 Å². The molecular formula is C30H37N5O5. The molecule has 2 amide bonds. The van der Waals surface area contributed by atoms with E-state index in [4.69, 9.17) is 13.9 Å². The zero-order valence-corrected chi connectivity index (χ0v) is 23.6. The summed E-state index contributed by atoms with van der Waals surface area (Å²) in [6, 6.07) is 13.6. The molecule has 5 rings (SSSR count). The van der Waals surface area contributed by atoms with Crippen molar-refractivity contribution in [2.75, 3.05) is 39.3 Å². The maximum Gasteiger partial charge on any atom is 0.410 e. The summed E-state index contributed by atoms with van der Waals surface area (Å²) >= 11 is 0. The topological polar surface area (TPSA) is 110 Å². The van der Waals surface area contributed by atoms with E-state index < -0.39 is 5.60 Å². The number of amides is 2. The van der Waals surface area contributed by atoms with E-state index in [1.54, 1.807) is 4.90 Å². The Morgan fingerprint density at radius 3 is 2.50 bits per heavy atom. The van der Waals surface area contributed by atoms with Crippen LogP contribution in [0.25, 0.3) is 22.6 Å². The van der Waals surface area contributed by atoms with Crippen LogP contribution in [0.5, 0.6) is 5.75 Å². The second-order valence-electron chi connectivity index (χ2n) is 11.2. The Morgan fingerprint density at radius 2 is 1.80 bits per heavy atom. The van der Waals surface area contributed by atoms with Crippen molar-refractivity contribution in [1.29, 1.82) is 0 Å². The van der Waals surface area contributed by atoms with Crippen LogP contribution < -0.4 is 10.2 Å². The first kappa shape index (κ1) is 27.6. The molecule has 0 radical (unpaired) electrons. The Bertz CT molecular complexity index is 1380. The van der Waals surface area contributed by atoms with Gasteiger partial charge in [0.1, 0.15) is 23.5 Å². The summed E-state index contributed by atoms with van der Waals surface area (Å²) in [6.45, 7) is 11.9. The van der Waals surface area contributed by atoms with Gasteiger partial charge < -0.3 is 18.8 Å². The monoisotopic (exact) mass is 547 g/mol. The number of hydrogen-bond acceptors (Lipinski definition) is 8. The van der Waals surface area contributed by atoms with Crippen molar-refractivity contribution in [3.8, 4) is 17.2 Å². The standard InChI is InChI=1S/C30H37N5O5/c1-5-20-19-26(36)32-33-27(20)22-8-11-24-25(18-22)39-28(31-24)21-6-9-23(10-7-21)38-17-16-34-12-14-35(15-13-34)29(37)40-30(2,3)4/h6-11,18,20H,5,12-17,19H2,1-4H3,(H,32,36). The van der Waals surface area contributed by atoms with Gasteiger partial charge in [0.15, 0.2) is 5.58 Å². The van der Waals surface area contributed by atoms with Gasteiger partial charge >= 0.3 is 6.09 Å². The van der Waals surface area contributed by atoms with Crippen LogP contribution in [-0.4, -0.2) is 77.4 Å². The van der Waals surface area contributed by atoms with Gasteiger partial charge in [-0.2, -0.15) is 5.10 Å². The minimum Gasteiger partial charge on any atom is -0.492 e. The molecule has 1 atom stereocenters. The van der Waals surface area contributed by atoms with Gasteiger partial charge in [0.25, 0.3) is 0 Å². The average molecular weight is 548 g/mol. The zero-order valence-electron chi connectivity index (χ0n) is 23.6. The molecule has 40 heavy (non-hydrogen) atoms. The largest absolute Gasteiger partial charge is 0.492 e. The molecule has 1 unspecified atom stereocenters. The number of piperazine rings is 1. The van der Waals surface area contributed by atoms with Crippen molar-refractivity contribution in [1.82, 2.24) is 20.2 Å². The van der Waals surface area contributed by atoms with Gasteiger partial charge in [0, 0.05) is 56.2 Å². The quantitative estimate of drug-likeness (QED) is 0.458. The molecule has 0 saturated carbocycles. The number of rotatable bonds is 7. The number of ether oxygens (including phenoxy) is 2. The molecule has 0 aliphatic carbocycles. The molecule has 2 aromatic carbocycles. The fourth-order valence-corrected chi connectivity index (χ4v) is 4.89. The third-order valence-corrected chi connectivity index (χ3v) is 7.10. The first-order valence-corrected chi connectivity index (χ1v) is 13.9. The highest BCUT2D eigenvalue weighted by molar-refractivity contribution is 6.07. The summed E-state index contributed by atoms with van der Waals surface area (Å²) < 4.78 is 17.5. The highest BCUT2D eigenvalue weighted by atomic mass is 16.6. The molecule has 10 heteroatoms. The lowest BCUT2D eigenvalue weighted by Gasteiger charge is -2.35. The Morgan fingerprint density at radius 1 is 1.07 bits per heavy atom. The SMILES string of the molecule is CCC1CC(=O)NN=C1c1ccc2nc(-c3ccc(OCCN4CCN(C(=O)OC(C)(C)C)CC4)cc3)oc2c1. The highest BCUT2D eigenvalue weighted by Crippen LogP contribution is 2.28. The molecule has 3 aromatic rings. The number of aromatic nitrogens is 1. The molecule has 1 saturated heterocycles. The number of nitrogens with one attached hydrogen (secondary N) is 1. The average Bonchev–Trinajstić information content (AvgIpc) is 3.36. The van der Waals surface area contributed by atoms with Crippen molar-refractivity contribution >= 4 is 28.8 Å². The van der Waals surface area contributed by atoms with Crippen LogP contribution in [0.15, 0.2) is 52.0 Å². The lowest BCUT2D eigenvalue weighted by Crippen LogP contribution is -2.50. The molecule has 2 aliphatic heterocycles. The number of benzene rings is 2. The van der Waals surface area contributed by atoms with Gasteiger partial charge in [-0.05, 0) is 63.6 Å². The molecule has 1 N–H and O–H groups in total. The van der Waals surface area contributed by atoms with Crippen molar-refractivity contribution in [3.63, 3.8) is 0 Å². The fraction of sp³-hybridized carbons (Fsp3) is 0.467. The van der Waals surface area contributed by atoms with Crippen LogP contribution in [-0.2, 0) is 9.53 Å². The van der Waals surface area contributed by atoms with Crippen LogP contribution in [0, 0.1) is 5.92 Å². The van der Waals surface area contributed by atoms with Crippen LogP contribution in [0.4, 0.5) is 4.79 Å². The lowest BCUT2D eigenvalue weighted by molar-refractivity contribution is -0.122. The summed E-state index contributed by atoms with van der Waals surface area (Å²) in [7, 11) is 0. The van der Waals surface area contributed by atoms with E-state index in [9.17, 15) is 9.59 Å². The predicted molar refractivity (Wildman–Crippen MR) is 152 cm³/mol. The molecule has 0 spiro atoms. The predicted octanol–water partition coefficient (Wildman–Crippen LogP) is 4.68. The molecule has 2 aliphatic rings. The van der Waals surface area contributed by atoms with Crippen molar-refractivity contribution in [2.24, 2.45) is 11.0 Å². The van der Waals surface area contributed by atoms with Gasteiger partial charge in [0.2, 0.25) is 11.8 Å². The summed E-state index contributed by atoms with van der Waals surface area (Å²) in [5, 5.41) is 4.31. The number of nitrogens with zero attached hydrogens (tertiary/aromatic N) is 4. The van der Waals surface area contributed by atoms with Gasteiger partial charge in [0.05, 0.1) is 5.71 Å². The first-order chi connectivity index (χ1) is 19.2. The number of carbonyl (C=O) groups is 2. The molecule has 0 bridgehead atoms. The zero-order chi connectivity index (χ0) is 28.3. The third-order valence-electron chi connectivity index (χ3n) is 7.10. The molecule has 3 heterocycles. The second kappa shape index (κ2) is 11.7. The summed E-state index contributed by atoms with van der Waals surface area (Å²) in [4.78, 5) is 32.7. The number of fused-ring (bicyclic) bond motifs is 1. The van der Waals surface area contributed by atoms with Crippen LogP contribution in [0.1, 0.15) is 46.1 Å². The van der Waals surface area contributed by atoms with Crippen LogP contribution in [0.3, 0.4) is 0 Å². The Kier molecular flexibility index (Phi) is 8.07. The van der Waals surface area contributed by atoms with Gasteiger partial charge in [-0.15, -0.1) is 0 Å². The van der Waals surface area contributed by atoms with Crippen molar-refractivity contribution in [3.05, 3.63) is 48.0 Å². The van der Waals surface area contributed by atoms with E-state index in [0.717, 1.165) is 54.2 Å². The molecule has 212 valence electrons. The number of hydrogen-bond donors (Lipinski definition) is 1. The third kappa shape index (κ3) is 6.62. The van der Waals surface area contributed by atoms with E-state index in [0.29, 0.717) is 37.6 Å². The second-order valence-corrected chi connectivity index (χ2v) is 11.2. The maximum atomic E-state index is 12.2. The maximum absolute atomic E-state index is 12.2. The lowest BCUT2D eigenvalue weighted by atomic mass is 9.90. The minimum atomic E-state index is -0.480. The Labute approximate surface area is 234 Å². The number of oxazole rings is 1. The number of hydrazone groups is 1. The van der Waals surface area contributed by atoms with E-state index in [1.165, 1.54) is 0 Å². The van der Waals surface area contributed by atoms with Crippen molar-refractivity contribution < 1.29 is 23.5 Å². The van der Waals surface area contributed by atoms with Gasteiger partial charge in [-0.3, -0.25) is 9.69 Å². The molecule has 1 fully saturated rings. The first-order valence-electron chi connectivity index (χ1n) is 13.9. The number of carbonyl (C=O) groups excluding carboxylic acids is 2.